The van der Waals surface area contributed by atoms with Crippen LogP contribution in [0.1, 0.15) is 36.1 Å². The fourth-order valence-corrected chi connectivity index (χ4v) is 3.58. The van der Waals surface area contributed by atoms with Gasteiger partial charge in [-0.05, 0) is 84.9 Å². The van der Waals surface area contributed by atoms with Crippen LogP contribution in [0.5, 0.6) is 0 Å². The van der Waals surface area contributed by atoms with Gasteiger partial charge in [0.25, 0.3) is 0 Å². The van der Waals surface area contributed by atoms with E-state index >= 15 is 0 Å². The number of halogens is 2. The van der Waals surface area contributed by atoms with Crippen molar-refractivity contribution >= 4 is 38.0 Å². The number of hydrogen-bond acceptors (Lipinski definition) is 0. The summed E-state index contributed by atoms with van der Waals surface area (Å²) < 4.78 is 0. The molecule has 0 bridgehead atoms. The Bertz CT molecular complexity index is 929. The largest absolute Gasteiger partial charge is 0.133 e. The van der Waals surface area contributed by atoms with Gasteiger partial charge in [-0.2, -0.15) is 0 Å². The van der Waals surface area contributed by atoms with Crippen molar-refractivity contribution in [3.05, 3.63) is 111 Å². The third kappa shape index (κ3) is 7.63. The summed E-state index contributed by atoms with van der Waals surface area (Å²) in [6, 6.07) is 24.6. The summed E-state index contributed by atoms with van der Waals surface area (Å²) in [5.74, 6) is 0. The first kappa shape index (κ1) is 23.7. The maximum atomic E-state index is 6.18. The Morgan fingerprint density at radius 2 is 1.45 bits per heavy atom. The van der Waals surface area contributed by atoms with Crippen LogP contribution in [0.4, 0.5) is 0 Å². The average Bonchev–Trinajstić information content (AvgIpc) is 2.75. The second-order valence-corrected chi connectivity index (χ2v) is 8.35. The van der Waals surface area contributed by atoms with E-state index in [1.54, 1.807) is 0 Å². The van der Waals surface area contributed by atoms with E-state index in [1.165, 1.54) is 33.4 Å². The van der Waals surface area contributed by atoms with Crippen LogP contribution in [0, 0.1) is 6.92 Å². The number of hydrogen-bond donors (Lipinski definition) is 0. The van der Waals surface area contributed by atoms with Crippen LogP contribution in [0.3, 0.4) is 0 Å². The minimum atomic E-state index is 0.799. The molecule has 3 heteroatoms. The Kier molecular flexibility index (Phi) is 9.95. The molecule has 0 nitrogen and oxygen atoms in total. The lowest BCUT2D eigenvalue weighted by Gasteiger charge is -2.15. The summed E-state index contributed by atoms with van der Waals surface area (Å²) in [4.78, 5) is 0. The molecule has 0 N–H and O–H groups in total. The van der Waals surface area contributed by atoms with Gasteiger partial charge >= 0.3 is 0 Å². The highest BCUT2D eigenvalue weighted by Gasteiger charge is 2.10. The first-order valence-corrected chi connectivity index (χ1v) is 11.5. The summed E-state index contributed by atoms with van der Waals surface area (Å²) in [5.41, 5.74) is 7.98. The van der Waals surface area contributed by atoms with Gasteiger partial charge in [-0.25, -0.2) is 0 Å². The lowest BCUT2D eigenvalue weighted by molar-refractivity contribution is 1.14. The molecule has 0 saturated heterocycles. The summed E-state index contributed by atoms with van der Waals surface area (Å²) in [6.07, 6.45) is 3.01. The maximum absolute atomic E-state index is 6.18. The predicted molar refractivity (Wildman–Crippen MR) is 134 cm³/mol. The van der Waals surface area contributed by atoms with Gasteiger partial charge in [-0.15, -0.1) is 9.24 Å². The van der Waals surface area contributed by atoms with Crippen LogP contribution in [-0.2, 0) is 12.8 Å². The Balaban J connectivity index is 0.000000278. The summed E-state index contributed by atoms with van der Waals surface area (Å²) >= 11 is 11.9. The van der Waals surface area contributed by atoms with Crippen molar-refractivity contribution in [3.8, 4) is 0 Å². The van der Waals surface area contributed by atoms with Crippen molar-refractivity contribution in [2.75, 3.05) is 6.16 Å². The molecule has 0 radical (unpaired) electrons. The quantitative estimate of drug-likeness (QED) is 0.347. The van der Waals surface area contributed by atoms with Crippen LogP contribution in [0.25, 0.3) is 5.57 Å². The molecule has 1 unspecified atom stereocenters. The summed E-state index contributed by atoms with van der Waals surface area (Å²) in [5, 5.41) is 1.61. The molecular weight excluding hydrogens is 414 g/mol. The summed E-state index contributed by atoms with van der Waals surface area (Å²) in [7, 11) is 2.82. The molecule has 152 valence electrons. The zero-order chi connectivity index (χ0) is 21.2. The monoisotopic (exact) mass is 442 g/mol. The molecular formula is C26H29Cl2P. The Morgan fingerprint density at radius 3 is 2.03 bits per heavy atom. The second kappa shape index (κ2) is 12.2. The standard InChI is InChI=1S/C18H20ClP.C8H9Cl/c1-13-8-9-16(19)11-18(13)17(14(2)12-20)10-15-6-4-3-5-7-15;1-2-7-3-5-8(9)6-4-7/h3-9,11H,10,12,20H2,1-2H3;3-6H,2H2,1H3/b17-14+;. The van der Waals surface area contributed by atoms with E-state index < -0.39 is 0 Å². The molecule has 0 fully saturated rings. The van der Waals surface area contributed by atoms with E-state index in [0.717, 1.165) is 29.0 Å². The lowest BCUT2D eigenvalue weighted by Crippen LogP contribution is -1.98. The predicted octanol–water partition coefficient (Wildman–Crippen LogP) is 8.44. The van der Waals surface area contributed by atoms with Crippen LogP contribution >= 0.6 is 32.4 Å². The molecule has 1 atom stereocenters. The van der Waals surface area contributed by atoms with Gasteiger partial charge < -0.3 is 0 Å². The van der Waals surface area contributed by atoms with Crippen molar-refractivity contribution in [2.24, 2.45) is 0 Å². The molecule has 0 amide bonds. The smallest absolute Gasteiger partial charge is 0.0412 e. The Hall–Kier alpha value is -1.59. The van der Waals surface area contributed by atoms with Gasteiger partial charge in [0.1, 0.15) is 0 Å². The number of aryl methyl sites for hydroxylation is 2. The first-order chi connectivity index (χ1) is 13.9. The molecule has 29 heavy (non-hydrogen) atoms. The van der Waals surface area contributed by atoms with Gasteiger partial charge in [-0.1, -0.05) is 84.2 Å². The van der Waals surface area contributed by atoms with E-state index in [9.17, 15) is 0 Å². The van der Waals surface area contributed by atoms with Crippen LogP contribution in [-0.4, -0.2) is 6.16 Å². The van der Waals surface area contributed by atoms with Crippen LogP contribution in [0.2, 0.25) is 10.0 Å². The first-order valence-electron chi connectivity index (χ1n) is 9.88. The second-order valence-electron chi connectivity index (χ2n) is 7.06. The highest BCUT2D eigenvalue weighted by atomic mass is 35.5. The van der Waals surface area contributed by atoms with Gasteiger partial charge in [0.05, 0.1) is 0 Å². The van der Waals surface area contributed by atoms with Crippen molar-refractivity contribution in [1.29, 1.82) is 0 Å². The highest BCUT2D eigenvalue weighted by Crippen LogP contribution is 2.29. The van der Waals surface area contributed by atoms with E-state index in [-0.39, 0.29) is 0 Å². The van der Waals surface area contributed by atoms with Crippen LogP contribution < -0.4 is 0 Å². The number of rotatable bonds is 5. The summed E-state index contributed by atoms with van der Waals surface area (Å²) in [6.45, 7) is 6.47. The average molecular weight is 443 g/mol. The Morgan fingerprint density at radius 1 is 0.828 bits per heavy atom. The third-order valence-electron chi connectivity index (χ3n) is 4.89. The molecule has 0 spiro atoms. The topological polar surface area (TPSA) is 0 Å². The number of allylic oxidation sites excluding steroid dienone is 2. The molecule has 0 aliphatic carbocycles. The molecule has 3 rings (SSSR count). The minimum absolute atomic E-state index is 0.799. The lowest BCUT2D eigenvalue weighted by atomic mass is 9.92. The van der Waals surface area contributed by atoms with E-state index in [2.05, 4.69) is 72.5 Å². The molecule has 0 saturated carbocycles. The van der Waals surface area contributed by atoms with E-state index in [1.807, 2.05) is 30.3 Å². The van der Waals surface area contributed by atoms with E-state index in [4.69, 9.17) is 23.2 Å². The zero-order valence-electron chi connectivity index (χ0n) is 17.4. The van der Waals surface area contributed by atoms with Gasteiger partial charge in [0.2, 0.25) is 0 Å². The van der Waals surface area contributed by atoms with Crippen molar-refractivity contribution in [3.63, 3.8) is 0 Å². The Labute approximate surface area is 188 Å². The third-order valence-corrected chi connectivity index (χ3v) is 5.99. The van der Waals surface area contributed by atoms with Gasteiger partial charge in [0, 0.05) is 10.0 Å². The van der Waals surface area contributed by atoms with E-state index in [0.29, 0.717) is 0 Å². The van der Waals surface area contributed by atoms with Gasteiger partial charge in [-0.3, -0.25) is 0 Å². The molecule has 0 heterocycles. The SMILES string of the molecule is C/C(CP)=C(/Cc1ccccc1)c1cc(Cl)ccc1C.CCc1ccc(Cl)cc1. The fourth-order valence-electron chi connectivity index (χ4n) is 3.04. The molecule has 0 aliphatic rings. The van der Waals surface area contributed by atoms with Crippen molar-refractivity contribution in [1.82, 2.24) is 0 Å². The number of benzene rings is 3. The van der Waals surface area contributed by atoms with Crippen molar-refractivity contribution < 1.29 is 0 Å². The molecule has 0 aliphatic heterocycles. The normalized spacial score (nSPS) is 11.4. The molecule has 3 aromatic rings. The minimum Gasteiger partial charge on any atom is -0.133 e. The van der Waals surface area contributed by atoms with Gasteiger partial charge in [0.15, 0.2) is 0 Å². The van der Waals surface area contributed by atoms with Crippen LogP contribution in [0.15, 0.2) is 78.4 Å². The zero-order valence-corrected chi connectivity index (χ0v) is 20.0. The molecule has 0 aromatic heterocycles. The van der Waals surface area contributed by atoms with Crippen molar-refractivity contribution in [2.45, 2.75) is 33.6 Å². The molecule has 3 aromatic carbocycles. The highest BCUT2D eigenvalue weighted by molar-refractivity contribution is 7.16. The maximum Gasteiger partial charge on any atom is 0.0412 e. The fraction of sp³-hybridized carbons (Fsp3) is 0.231.